The minimum absolute atomic E-state index is 0.123. The second-order valence-corrected chi connectivity index (χ2v) is 7.80. The maximum absolute atomic E-state index is 13.0. The number of halogens is 1. The Balaban J connectivity index is 1.56. The molecule has 1 aliphatic rings. The third kappa shape index (κ3) is 4.96. The summed E-state index contributed by atoms with van der Waals surface area (Å²) in [5, 5.41) is 2.93. The molecule has 1 fully saturated rings. The summed E-state index contributed by atoms with van der Waals surface area (Å²) in [6.07, 6.45) is 2.14. The minimum atomic E-state index is -0.790. The van der Waals surface area contributed by atoms with E-state index in [9.17, 15) is 14.4 Å². The number of carbonyl (C=O) groups is 3. The van der Waals surface area contributed by atoms with Crippen molar-refractivity contribution in [3.63, 3.8) is 0 Å². The number of ether oxygens (including phenoxy) is 1. The van der Waals surface area contributed by atoms with Gasteiger partial charge < -0.3 is 4.74 Å². The largest absolute Gasteiger partial charge is 0.494 e. The molecule has 0 saturated carbocycles. The van der Waals surface area contributed by atoms with Gasteiger partial charge in [0.15, 0.2) is 0 Å². The molecule has 1 heterocycles. The first kappa shape index (κ1) is 22.3. The van der Waals surface area contributed by atoms with E-state index in [0.717, 1.165) is 16.0 Å². The Morgan fingerprint density at radius 3 is 2.30 bits per heavy atom. The monoisotopic (exact) mass is 460 g/mol. The summed E-state index contributed by atoms with van der Waals surface area (Å²) in [6, 6.07) is 20.8. The molecule has 0 unspecified atom stereocenters. The number of urea groups is 1. The van der Waals surface area contributed by atoms with Crippen LogP contribution in [0.15, 0.2) is 78.4 Å². The van der Waals surface area contributed by atoms with Gasteiger partial charge in [-0.2, -0.15) is 0 Å². The van der Waals surface area contributed by atoms with Crippen molar-refractivity contribution in [1.29, 1.82) is 0 Å². The van der Waals surface area contributed by atoms with E-state index < -0.39 is 17.8 Å². The van der Waals surface area contributed by atoms with Crippen LogP contribution in [0.4, 0.5) is 10.5 Å². The number of anilines is 1. The van der Waals surface area contributed by atoms with E-state index in [4.69, 9.17) is 16.3 Å². The van der Waals surface area contributed by atoms with Crippen LogP contribution in [-0.2, 0) is 16.0 Å². The first-order valence-corrected chi connectivity index (χ1v) is 10.8. The van der Waals surface area contributed by atoms with E-state index in [1.165, 1.54) is 6.08 Å². The molecule has 0 aliphatic carbocycles. The van der Waals surface area contributed by atoms with Crippen LogP contribution < -0.4 is 15.0 Å². The average Bonchev–Trinajstić information content (AvgIpc) is 2.80. The number of amides is 4. The van der Waals surface area contributed by atoms with Crippen molar-refractivity contribution in [2.45, 2.75) is 13.3 Å². The number of nitrogens with one attached hydrogen (secondary N) is 1. The maximum Gasteiger partial charge on any atom is 0.335 e. The third-order valence-corrected chi connectivity index (χ3v) is 5.52. The SMILES string of the molecule is CCOc1ccc(N2C(=O)NC(=O)/C(=C\c3ccc(Cc4ccccc4Cl)cc3)C2=O)cc1. The molecule has 4 rings (SSSR count). The Morgan fingerprint density at radius 1 is 0.939 bits per heavy atom. The van der Waals surface area contributed by atoms with E-state index in [1.54, 1.807) is 24.3 Å². The topological polar surface area (TPSA) is 75.7 Å². The molecule has 4 amide bonds. The zero-order chi connectivity index (χ0) is 23.4. The van der Waals surface area contributed by atoms with Crippen LogP contribution in [0.25, 0.3) is 6.08 Å². The van der Waals surface area contributed by atoms with Crippen molar-refractivity contribution in [3.05, 3.63) is 100 Å². The number of hydrogen-bond acceptors (Lipinski definition) is 4. The predicted octanol–water partition coefficient (Wildman–Crippen LogP) is 5.00. The number of imide groups is 2. The van der Waals surface area contributed by atoms with E-state index in [2.05, 4.69) is 5.32 Å². The Kier molecular flexibility index (Phi) is 6.56. The Labute approximate surface area is 196 Å². The molecule has 33 heavy (non-hydrogen) atoms. The molecule has 3 aromatic carbocycles. The molecule has 0 aromatic heterocycles. The van der Waals surface area contributed by atoms with Crippen LogP contribution in [-0.4, -0.2) is 24.5 Å². The van der Waals surface area contributed by atoms with Gasteiger partial charge in [0, 0.05) is 5.02 Å². The molecule has 0 spiro atoms. The lowest BCUT2D eigenvalue weighted by atomic mass is 10.0. The lowest BCUT2D eigenvalue weighted by Gasteiger charge is -2.26. The molecule has 6 nitrogen and oxygen atoms in total. The highest BCUT2D eigenvalue weighted by Gasteiger charge is 2.36. The molecular formula is C26H21ClN2O4. The van der Waals surface area contributed by atoms with Crippen molar-refractivity contribution in [2.24, 2.45) is 0 Å². The van der Waals surface area contributed by atoms with Crippen LogP contribution in [0.1, 0.15) is 23.6 Å². The Hall–Kier alpha value is -3.90. The first-order chi connectivity index (χ1) is 16.0. The summed E-state index contributed by atoms with van der Waals surface area (Å²) in [6.45, 7) is 2.36. The van der Waals surface area contributed by atoms with E-state index in [0.29, 0.717) is 35.1 Å². The summed E-state index contributed by atoms with van der Waals surface area (Å²) in [5.74, 6) is -0.796. The van der Waals surface area contributed by atoms with Gasteiger partial charge in [-0.1, -0.05) is 54.1 Å². The van der Waals surface area contributed by atoms with Crippen LogP contribution in [0.5, 0.6) is 5.75 Å². The highest BCUT2D eigenvalue weighted by Crippen LogP contribution is 2.25. The second-order valence-electron chi connectivity index (χ2n) is 7.39. The van der Waals surface area contributed by atoms with Gasteiger partial charge in [-0.15, -0.1) is 0 Å². The zero-order valence-electron chi connectivity index (χ0n) is 17.9. The van der Waals surface area contributed by atoms with Crippen molar-refractivity contribution in [1.82, 2.24) is 5.32 Å². The number of nitrogens with zero attached hydrogens (tertiary/aromatic N) is 1. The van der Waals surface area contributed by atoms with Crippen LogP contribution >= 0.6 is 11.6 Å². The standard InChI is InChI=1S/C26H21ClN2O4/c1-2-33-21-13-11-20(12-14-21)29-25(31)22(24(30)28-26(29)32)16-18-9-7-17(8-10-18)15-19-5-3-4-6-23(19)27/h3-14,16H,2,15H2,1H3,(H,28,30,32)/b22-16+. The minimum Gasteiger partial charge on any atom is -0.494 e. The summed E-state index contributed by atoms with van der Waals surface area (Å²) in [5.41, 5.74) is 2.93. The highest BCUT2D eigenvalue weighted by molar-refractivity contribution is 6.39. The molecule has 0 bridgehead atoms. The van der Waals surface area contributed by atoms with E-state index in [1.807, 2.05) is 55.5 Å². The third-order valence-electron chi connectivity index (χ3n) is 5.15. The molecule has 1 aliphatic heterocycles. The van der Waals surface area contributed by atoms with Gasteiger partial charge >= 0.3 is 6.03 Å². The fraction of sp³-hybridized carbons (Fsp3) is 0.115. The lowest BCUT2D eigenvalue weighted by molar-refractivity contribution is -0.122. The second kappa shape index (κ2) is 9.71. The molecule has 1 saturated heterocycles. The fourth-order valence-electron chi connectivity index (χ4n) is 3.51. The van der Waals surface area contributed by atoms with E-state index >= 15 is 0 Å². The molecular weight excluding hydrogens is 440 g/mol. The molecule has 3 aromatic rings. The summed E-state index contributed by atoms with van der Waals surface area (Å²) >= 11 is 6.24. The van der Waals surface area contributed by atoms with Gasteiger partial charge in [0.2, 0.25) is 0 Å². The van der Waals surface area contributed by atoms with Gasteiger partial charge in [-0.3, -0.25) is 14.9 Å². The molecule has 7 heteroatoms. The zero-order valence-corrected chi connectivity index (χ0v) is 18.6. The van der Waals surface area contributed by atoms with Crippen molar-refractivity contribution >= 4 is 41.2 Å². The summed E-state index contributed by atoms with van der Waals surface area (Å²) in [7, 11) is 0. The first-order valence-electron chi connectivity index (χ1n) is 10.4. The van der Waals surface area contributed by atoms with Gasteiger partial charge in [-0.25, -0.2) is 9.69 Å². The number of rotatable bonds is 6. The van der Waals surface area contributed by atoms with Crippen molar-refractivity contribution in [2.75, 3.05) is 11.5 Å². The lowest BCUT2D eigenvalue weighted by Crippen LogP contribution is -2.54. The smallest absolute Gasteiger partial charge is 0.335 e. The van der Waals surface area contributed by atoms with Gasteiger partial charge in [0.1, 0.15) is 11.3 Å². The number of benzene rings is 3. The maximum atomic E-state index is 13.0. The summed E-state index contributed by atoms with van der Waals surface area (Å²) in [4.78, 5) is 38.7. The van der Waals surface area contributed by atoms with Crippen molar-refractivity contribution in [3.8, 4) is 5.75 Å². The van der Waals surface area contributed by atoms with Gasteiger partial charge in [-0.05, 0) is 66.4 Å². The quantitative estimate of drug-likeness (QED) is 0.415. The normalized spacial score (nSPS) is 15.0. The summed E-state index contributed by atoms with van der Waals surface area (Å²) < 4.78 is 5.40. The Morgan fingerprint density at radius 2 is 1.64 bits per heavy atom. The molecule has 0 atom stereocenters. The molecule has 1 N–H and O–H groups in total. The van der Waals surface area contributed by atoms with Gasteiger partial charge in [0.05, 0.1) is 12.3 Å². The van der Waals surface area contributed by atoms with Crippen LogP contribution in [0.3, 0.4) is 0 Å². The highest BCUT2D eigenvalue weighted by atomic mass is 35.5. The van der Waals surface area contributed by atoms with Gasteiger partial charge in [0.25, 0.3) is 11.8 Å². The average molecular weight is 461 g/mol. The number of carbonyl (C=O) groups excluding carboxylic acids is 3. The number of hydrogen-bond donors (Lipinski definition) is 1. The fourth-order valence-corrected chi connectivity index (χ4v) is 3.71. The van der Waals surface area contributed by atoms with Crippen molar-refractivity contribution < 1.29 is 19.1 Å². The predicted molar refractivity (Wildman–Crippen MR) is 127 cm³/mol. The molecule has 166 valence electrons. The van der Waals surface area contributed by atoms with E-state index in [-0.39, 0.29) is 5.57 Å². The number of barbiturate groups is 1. The Bertz CT molecular complexity index is 1230. The van der Waals surface area contributed by atoms with Crippen LogP contribution in [0, 0.1) is 0 Å². The molecule has 0 radical (unpaired) electrons. The van der Waals surface area contributed by atoms with Crippen LogP contribution in [0.2, 0.25) is 5.02 Å².